The van der Waals surface area contributed by atoms with Gasteiger partial charge in [-0.05, 0) is 34.3 Å². The molecule has 0 radical (unpaired) electrons. The average molecular weight is 303 g/mol. The van der Waals surface area contributed by atoms with Crippen molar-refractivity contribution in [2.75, 3.05) is 12.3 Å². The van der Waals surface area contributed by atoms with Gasteiger partial charge in [0.25, 0.3) is 0 Å². The van der Waals surface area contributed by atoms with Gasteiger partial charge in [-0.15, -0.1) is 5.10 Å². The molecular weight excluding hydrogens is 291 g/mol. The minimum absolute atomic E-state index is 0.0452. The van der Waals surface area contributed by atoms with Crippen LogP contribution in [-0.2, 0) is 6.54 Å². The van der Waals surface area contributed by atoms with Crippen LogP contribution in [0.2, 0.25) is 0 Å². The highest BCUT2D eigenvalue weighted by molar-refractivity contribution is 8.00. The molecule has 9 heteroatoms. The van der Waals surface area contributed by atoms with Crippen molar-refractivity contribution in [2.24, 2.45) is 0 Å². The second-order valence-electron chi connectivity index (χ2n) is 3.81. The molecule has 0 unspecified atom stereocenters. The van der Waals surface area contributed by atoms with Crippen molar-refractivity contribution in [2.45, 2.75) is 12.1 Å². The van der Waals surface area contributed by atoms with Gasteiger partial charge in [-0.3, -0.25) is 0 Å². The third kappa shape index (κ3) is 4.49. The van der Waals surface area contributed by atoms with E-state index >= 15 is 0 Å². The molecule has 1 aromatic carbocycles. The fourth-order valence-corrected chi connectivity index (χ4v) is 2.00. The predicted molar refractivity (Wildman–Crippen MR) is 69.4 cm³/mol. The number of hydrogen-bond acceptors (Lipinski definition) is 5. The SMILES string of the molecule is FC(F)(F)SCCNCc1nnnn1-c1ccccc1. The van der Waals surface area contributed by atoms with Crippen LogP contribution in [0, 0.1) is 0 Å². The van der Waals surface area contributed by atoms with Gasteiger partial charge < -0.3 is 5.32 Å². The summed E-state index contributed by atoms with van der Waals surface area (Å²) in [6, 6.07) is 9.28. The molecule has 0 saturated heterocycles. The molecule has 2 aromatic rings. The Morgan fingerprint density at radius 2 is 1.95 bits per heavy atom. The number of nitrogens with zero attached hydrogens (tertiary/aromatic N) is 4. The molecule has 1 aromatic heterocycles. The number of aromatic nitrogens is 4. The van der Waals surface area contributed by atoms with Crippen LogP contribution >= 0.6 is 11.8 Å². The van der Waals surface area contributed by atoms with Gasteiger partial charge in [0.15, 0.2) is 5.82 Å². The molecular formula is C11H12F3N5S. The van der Waals surface area contributed by atoms with E-state index in [4.69, 9.17) is 0 Å². The van der Waals surface area contributed by atoms with Crippen LogP contribution in [0.1, 0.15) is 5.82 Å². The van der Waals surface area contributed by atoms with Crippen molar-refractivity contribution < 1.29 is 13.2 Å². The first-order chi connectivity index (χ1) is 9.56. The molecule has 0 aliphatic heterocycles. The Labute approximate surface area is 117 Å². The van der Waals surface area contributed by atoms with Gasteiger partial charge in [-0.25, -0.2) is 0 Å². The lowest BCUT2D eigenvalue weighted by atomic mass is 10.3. The molecule has 0 fully saturated rings. The van der Waals surface area contributed by atoms with Gasteiger partial charge in [-0.1, -0.05) is 18.2 Å². The average Bonchev–Trinajstić information content (AvgIpc) is 2.86. The number of rotatable bonds is 6. The van der Waals surface area contributed by atoms with E-state index in [0.29, 0.717) is 12.4 Å². The number of nitrogens with one attached hydrogen (secondary N) is 1. The second-order valence-corrected chi connectivity index (χ2v) is 4.97. The second kappa shape index (κ2) is 6.71. The van der Waals surface area contributed by atoms with E-state index in [0.717, 1.165) is 5.69 Å². The van der Waals surface area contributed by atoms with E-state index < -0.39 is 5.51 Å². The quantitative estimate of drug-likeness (QED) is 0.827. The summed E-state index contributed by atoms with van der Waals surface area (Å²) >= 11 is -0.0496. The van der Waals surface area contributed by atoms with Crippen LogP contribution in [0.5, 0.6) is 0 Å². The Morgan fingerprint density at radius 3 is 2.65 bits per heavy atom. The van der Waals surface area contributed by atoms with Gasteiger partial charge in [0.05, 0.1) is 12.2 Å². The van der Waals surface area contributed by atoms with Crippen molar-refractivity contribution in [3.05, 3.63) is 36.2 Å². The Bertz CT molecular complexity index is 528. The zero-order chi connectivity index (χ0) is 14.4. The summed E-state index contributed by atoms with van der Waals surface area (Å²) in [5, 5.41) is 14.2. The van der Waals surface area contributed by atoms with Crippen molar-refractivity contribution >= 4 is 11.8 Å². The molecule has 108 valence electrons. The van der Waals surface area contributed by atoms with Crippen molar-refractivity contribution in [1.82, 2.24) is 25.5 Å². The molecule has 2 rings (SSSR count). The van der Waals surface area contributed by atoms with E-state index in [1.54, 1.807) is 4.68 Å². The maximum absolute atomic E-state index is 11.9. The fraction of sp³-hybridized carbons (Fsp3) is 0.364. The van der Waals surface area contributed by atoms with E-state index in [1.165, 1.54) is 0 Å². The Kier molecular flexibility index (Phi) is 4.96. The molecule has 0 bridgehead atoms. The van der Waals surface area contributed by atoms with Gasteiger partial charge in [0, 0.05) is 12.3 Å². The lowest BCUT2D eigenvalue weighted by Gasteiger charge is -2.07. The molecule has 1 heterocycles. The van der Waals surface area contributed by atoms with Crippen molar-refractivity contribution in [3.8, 4) is 5.69 Å². The lowest BCUT2D eigenvalue weighted by Crippen LogP contribution is -2.20. The molecule has 20 heavy (non-hydrogen) atoms. The van der Waals surface area contributed by atoms with E-state index in [2.05, 4.69) is 20.8 Å². The van der Waals surface area contributed by atoms with Crippen molar-refractivity contribution in [3.63, 3.8) is 0 Å². The third-order valence-corrected chi connectivity index (χ3v) is 3.10. The number of halogens is 3. The van der Waals surface area contributed by atoms with Gasteiger partial charge in [-0.2, -0.15) is 17.9 Å². The molecule has 0 amide bonds. The largest absolute Gasteiger partial charge is 0.441 e. The summed E-state index contributed by atoms with van der Waals surface area (Å²) in [4.78, 5) is 0. The summed E-state index contributed by atoms with van der Waals surface area (Å²) in [6.07, 6.45) is 0. The summed E-state index contributed by atoms with van der Waals surface area (Å²) in [7, 11) is 0. The van der Waals surface area contributed by atoms with E-state index in [9.17, 15) is 13.2 Å². The summed E-state index contributed by atoms with van der Waals surface area (Å²) in [6.45, 7) is 0.534. The zero-order valence-corrected chi connectivity index (χ0v) is 11.2. The smallest absolute Gasteiger partial charge is 0.309 e. The molecule has 5 nitrogen and oxygen atoms in total. The number of benzene rings is 1. The Balaban J connectivity index is 1.84. The number of thioether (sulfide) groups is 1. The lowest BCUT2D eigenvalue weighted by molar-refractivity contribution is -0.0327. The predicted octanol–water partition coefficient (Wildman–Crippen LogP) is 2.00. The molecule has 0 aliphatic rings. The topological polar surface area (TPSA) is 55.6 Å². The Hall–Kier alpha value is -1.61. The molecule has 0 saturated carbocycles. The summed E-state index contributed by atoms with van der Waals surface area (Å²) < 4.78 is 37.4. The standard InChI is InChI=1S/C11H12F3N5S/c12-11(13,14)20-7-6-15-8-10-16-17-18-19(10)9-4-2-1-3-5-9/h1-5,15H,6-8H2. The number of alkyl halides is 3. The van der Waals surface area contributed by atoms with Crippen LogP contribution in [0.25, 0.3) is 5.69 Å². The first kappa shape index (κ1) is 14.8. The molecule has 1 N–H and O–H groups in total. The van der Waals surface area contributed by atoms with E-state index in [-0.39, 0.29) is 24.1 Å². The van der Waals surface area contributed by atoms with Gasteiger partial charge in [0.1, 0.15) is 0 Å². The number of hydrogen-bond donors (Lipinski definition) is 1. The molecule has 0 spiro atoms. The minimum Gasteiger partial charge on any atom is -0.309 e. The van der Waals surface area contributed by atoms with Crippen LogP contribution < -0.4 is 5.32 Å². The maximum atomic E-state index is 11.9. The number of tetrazole rings is 1. The normalized spacial score (nSPS) is 11.8. The highest BCUT2D eigenvalue weighted by atomic mass is 32.2. The van der Waals surface area contributed by atoms with Crippen molar-refractivity contribution in [1.29, 1.82) is 0 Å². The monoisotopic (exact) mass is 303 g/mol. The van der Waals surface area contributed by atoms with Gasteiger partial charge in [0.2, 0.25) is 0 Å². The van der Waals surface area contributed by atoms with E-state index in [1.807, 2.05) is 30.3 Å². The number of para-hydroxylation sites is 1. The summed E-state index contributed by atoms with van der Waals surface area (Å²) in [5.41, 5.74) is -3.38. The Morgan fingerprint density at radius 1 is 1.20 bits per heavy atom. The summed E-state index contributed by atoms with van der Waals surface area (Å²) in [5.74, 6) is 0.504. The first-order valence-electron chi connectivity index (χ1n) is 5.80. The van der Waals surface area contributed by atoms with Crippen LogP contribution in [0.15, 0.2) is 30.3 Å². The highest BCUT2D eigenvalue weighted by Gasteiger charge is 2.27. The third-order valence-electron chi connectivity index (χ3n) is 2.36. The highest BCUT2D eigenvalue weighted by Crippen LogP contribution is 2.29. The zero-order valence-electron chi connectivity index (χ0n) is 10.3. The van der Waals surface area contributed by atoms with Crippen LogP contribution in [-0.4, -0.2) is 38.0 Å². The maximum Gasteiger partial charge on any atom is 0.441 e. The van der Waals surface area contributed by atoms with Crippen LogP contribution in [0.4, 0.5) is 13.2 Å². The molecule has 0 atom stereocenters. The molecule has 0 aliphatic carbocycles. The fourth-order valence-electron chi connectivity index (χ4n) is 1.52. The van der Waals surface area contributed by atoms with Gasteiger partial charge >= 0.3 is 5.51 Å². The van der Waals surface area contributed by atoms with Crippen LogP contribution in [0.3, 0.4) is 0 Å². The first-order valence-corrected chi connectivity index (χ1v) is 6.79. The minimum atomic E-state index is -4.19.